The van der Waals surface area contributed by atoms with Crippen LogP contribution in [0.25, 0.3) is 20.2 Å². The third kappa shape index (κ3) is 1.62. The van der Waals surface area contributed by atoms with Gasteiger partial charge in [-0.15, -0.1) is 22.7 Å². The number of hydrogen-bond acceptors (Lipinski definition) is 2. The summed E-state index contributed by atoms with van der Waals surface area (Å²) in [6.07, 6.45) is 1.22. The molecule has 3 rings (SSSR count). The predicted molar refractivity (Wildman–Crippen MR) is 80.7 cm³/mol. The van der Waals surface area contributed by atoms with Gasteiger partial charge in [-0.2, -0.15) is 0 Å². The van der Waals surface area contributed by atoms with E-state index in [0.29, 0.717) is 5.92 Å². The highest BCUT2D eigenvalue weighted by atomic mass is 32.1. The van der Waals surface area contributed by atoms with Gasteiger partial charge in [-0.1, -0.05) is 19.9 Å². The Morgan fingerprint density at radius 1 is 1.18 bits per heavy atom. The molecule has 0 N–H and O–H groups in total. The Morgan fingerprint density at radius 3 is 2.76 bits per heavy atom. The highest BCUT2D eigenvalue weighted by Crippen LogP contribution is 2.41. The molecule has 0 spiro atoms. The molecule has 0 aliphatic rings. The lowest BCUT2D eigenvalue weighted by Crippen LogP contribution is -1.88. The van der Waals surface area contributed by atoms with Crippen molar-refractivity contribution in [3.05, 3.63) is 34.0 Å². The van der Waals surface area contributed by atoms with E-state index in [1.807, 2.05) is 22.7 Å². The Labute approximate surface area is 110 Å². The minimum Gasteiger partial charge on any atom is -0.144 e. The van der Waals surface area contributed by atoms with Crippen molar-refractivity contribution < 1.29 is 0 Å². The van der Waals surface area contributed by atoms with E-state index in [1.165, 1.54) is 32.2 Å². The van der Waals surface area contributed by atoms with E-state index in [2.05, 4.69) is 44.4 Å². The van der Waals surface area contributed by atoms with Crippen molar-refractivity contribution in [3.8, 4) is 0 Å². The van der Waals surface area contributed by atoms with Crippen molar-refractivity contribution in [1.82, 2.24) is 0 Å². The van der Waals surface area contributed by atoms with Crippen molar-refractivity contribution in [3.63, 3.8) is 0 Å². The molecule has 3 aromatic rings. The third-order valence-corrected chi connectivity index (χ3v) is 6.09. The molecule has 0 nitrogen and oxygen atoms in total. The van der Waals surface area contributed by atoms with Gasteiger partial charge in [0.25, 0.3) is 0 Å². The molecule has 0 aliphatic heterocycles. The van der Waals surface area contributed by atoms with E-state index < -0.39 is 0 Å². The molecule has 2 aromatic heterocycles. The fourth-order valence-electron chi connectivity index (χ4n) is 2.40. The van der Waals surface area contributed by atoms with Crippen molar-refractivity contribution in [2.75, 3.05) is 0 Å². The number of hydrogen-bond donors (Lipinski definition) is 0. The summed E-state index contributed by atoms with van der Waals surface area (Å²) in [5.74, 6) is 0.682. The lowest BCUT2D eigenvalue weighted by atomic mass is 10.0. The van der Waals surface area contributed by atoms with Gasteiger partial charge in [0.2, 0.25) is 0 Å². The predicted octanol–water partition coefficient (Wildman–Crippen LogP) is 5.94. The van der Waals surface area contributed by atoms with Crippen LogP contribution in [0.2, 0.25) is 0 Å². The second-order valence-electron chi connectivity index (χ2n) is 4.68. The van der Waals surface area contributed by atoms with Crippen LogP contribution in [-0.4, -0.2) is 0 Å². The Hall–Kier alpha value is -0.860. The minimum absolute atomic E-state index is 0.682. The van der Waals surface area contributed by atoms with E-state index >= 15 is 0 Å². The van der Waals surface area contributed by atoms with Gasteiger partial charge in [0.1, 0.15) is 0 Å². The summed E-state index contributed by atoms with van der Waals surface area (Å²) in [4.78, 5) is 1.57. The summed E-state index contributed by atoms with van der Waals surface area (Å²) in [6, 6.07) is 6.83. The molecular formula is C15H16S2. The zero-order valence-electron chi connectivity index (χ0n) is 10.4. The van der Waals surface area contributed by atoms with Gasteiger partial charge in [-0.25, -0.2) is 0 Å². The summed E-state index contributed by atoms with van der Waals surface area (Å²) in [7, 11) is 0. The Bertz CT molecular complexity index is 673. The standard InChI is InChI=1S/C15H16S2/c1-4-9(2)14-10(3)11-5-6-13-12(7-8-16-13)15(11)17-14/h5-9H,4H2,1-3H3. The topological polar surface area (TPSA) is 0 Å². The first kappa shape index (κ1) is 11.2. The highest BCUT2D eigenvalue weighted by molar-refractivity contribution is 7.22. The third-order valence-electron chi connectivity index (χ3n) is 3.63. The molecule has 2 heterocycles. The summed E-state index contributed by atoms with van der Waals surface area (Å²) < 4.78 is 2.89. The summed E-state index contributed by atoms with van der Waals surface area (Å²) >= 11 is 3.84. The molecule has 0 fully saturated rings. The fourth-order valence-corrected chi connectivity index (χ4v) is 4.73. The van der Waals surface area contributed by atoms with Crippen molar-refractivity contribution >= 4 is 42.8 Å². The van der Waals surface area contributed by atoms with Gasteiger partial charge in [0, 0.05) is 19.7 Å². The number of benzene rings is 1. The summed E-state index contributed by atoms with van der Waals surface area (Å²) in [5, 5.41) is 5.09. The number of fused-ring (bicyclic) bond motifs is 3. The molecule has 1 aromatic carbocycles. The van der Waals surface area contributed by atoms with Crippen LogP contribution in [0, 0.1) is 6.92 Å². The Kier molecular flexibility index (Phi) is 2.72. The quantitative estimate of drug-likeness (QED) is 0.535. The van der Waals surface area contributed by atoms with E-state index in [-0.39, 0.29) is 0 Å². The van der Waals surface area contributed by atoms with Crippen LogP contribution in [-0.2, 0) is 0 Å². The molecule has 0 bridgehead atoms. The van der Waals surface area contributed by atoms with E-state index in [4.69, 9.17) is 0 Å². The number of rotatable bonds is 2. The van der Waals surface area contributed by atoms with Crippen LogP contribution in [0.5, 0.6) is 0 Å². The zero-order valence-corrected chi connectivity index (χ0v) is 12.0. The average Bonchev–Trinajstić information content (AvgIpc) is 2.92. The van der Waals surface area contributed by atoms with Gasteiger partial charge < -0.3 is 0 Å². The molecule has 0 saturated carbocycles. The van der Waals surface area contributed by atoms with Crippen LogP contribution in [0.4, 0.5) is 0 Å². The van der Waals surface area contributed by atoms with E-state index in [9.17, 15) is 0 Å². The van der Waals surface area contributed by atoms with Gasteiger partial charge in [-0.3, -0.25) is 0 Å². The first-order valence-corrected chi connectivity index (χ1v) is 7.81. The summed E-state index contributed by atoms with van der Waals surface area (Å²) in [6.45, 7) is 6.88. The Balaban J connectivity index is 2.37. The van der Waals surface area contributed by atoms with Crippen LogP contribution in [0.1, 0.15) is 36.6 Å². The number of aryl methyl sites for hydroxylation is 1. The van der Waals surface area contributed by atoms with Gasteiger partial charge in [0.15, 0.2) is 0 Å². The second kappa shape index (κ2) is 4.11. The molecule has 2 heteroatoms. The van der Waals surface area contributed by atoms with E-state index in [0.717, 1.165) is 0 Å². The lowest BCUT2D eigenvalue weighted by molar-refractivity contribution is 0.744. The molecule has 0 radical (unpaired) electrons. The second-order valence-corrected chi connectivity index (χ2v) is 6.68. The monoisotopic (exact) mass is 260 g/mol. The molecule has 1 atom stereocenters. The molecule has 1 unspecified atom stereocenters. The van der Waals surface area contributed by atoms with Crippen LogP contribution in [0.3, 0.4) is 0 Å². The van der Waals surface area contributed by atoms with Crippen LogP contribution in [0.15, 0.2) is 23.6 Å². The normalized spacial score (nSPS) is 13.6. The minimum atomic E-state index is 0.682. The molecule has 88 valence electrons. The first-order valence-electron chi connectivity index (χ1n) is 6.11. The molecular weight excluding hydrogens is 244 g/mol. The molecule has 0 aliphatic carbocycles. The van der Waals surface area contributed by atoms with Crippen molar-refractivity contribution in [2.24, 2.45) is 0 Å². The maximum absolute atomic E-state index is 2.34. The molecule has 17 heavy (non-hydrogen) atoms. The van der Waals surface area contributed by atoms with Gasteiger partial charge in [-0.05, 0) is 47.7 Å². The molecule has 0 amide bonds. The zero-order chi connectivity index (χ0) is 12.0. The largest absolute Gasteiger partial charge is 0.144 e. The van der Waals surface area contributed by atoms with Crippen molar-refractivity contribution in [2.45, 2.75) is 33.1 Å². The smallest absolute Gasteiger partial charge is 0.0435 e. The highest BCUT2D eigenvalue weighted by Gasteiger charge is 2.14. The van der Waals surface area contributed by atoms with Crippen LogP contribution < -0.4 is 0 Å². The first-order chi connectivity index (χ1) is 8.22. The molecule has 0 saturated heterocycles. The SMILES string of the molecule is CCC(C)c1sc2c(ccc3sccc32)c1C. The van der Waals surface area contributed by atoms with Gasteiger partial charge >= 0.3 is 0 Å². The maximum atomic E-state index is 2.34. The summed E-state index contributed by atoms with van der Waals surface area (Å²) in [5.41, 5.74) is 1.49. The van der Waals surface area contributed by atoms with Crippen LogP contribution >= 0.6 is 22.7 Å². The Morgan fingerprint density at radius 2 is 2.00 bits per heavy atom. The maximum Gasteiger partial charge on any atom is 0.0435 e. The van der Waals surface area contributed by atoms with Gasteiger partial charge in [0.05, 0.1) is 0 Å². The number of thiophene rings is 2. The lowest BCUT2D eigenvalue weighted by Gasteiger charge is -2.06. The van der Waals surface area contributed by atoms with E-state index in [1.54, 1.807) is 4.88 Å². The fraction of sp³-hybridized carbons (Fsp3) is 0.333. The average molecular weight is 260 g/mol. The van der Waals surface area contributed by atoms with Crippen molar-refractivity contribution in [1.29, 1.82) is 0 Å².